The molecule has 3 aromatic rings. The first-order valence-electron chi connectivity index (χ1n) is 9.28. The maximum atomic E-state index is 12.8. The van der Waals surface area contributed by atoms with E-state index in [1.165, 1.54) is 0 Å². The number of piperidine rings is 1. The van der Waals surface area contributed by atoms with Crippen molar-refractivity contribution in [2.45, 2.75) is 51.7 Å². The fourth-order valence-corrected chi connectivity index (χ4v) is 3.91. The highest BCUT2D eigenvalue weighted by atomic mass is 16.4. The smallest absolute Gasteiger partial charge is 0.386 e. The number of fused-ring (bicyclic) bond motifs is 1. The number of amides is 1. The van der Waals surface area contributed by atoms with E-state index in [2.05, 4.69) is 10.1 Å². The Balaban J connectivity index is 1.64. The molecule has 1 saturated heterocycles. The van der Waals surface area contributed by atoms with E-state index < -0.39 is 5.76 Å². The van der Waals surface area contributed by atoms with E-state index in [0.717, 1.165) is 34.7 Å². The Morgan fingerprint density at radius 1 is 1.19 bits per heavy atom. The van der Waals surface area contributed by atoms with Gasteiger partial charge in [-0.1, -0.05) is 24.3 Å². The lowest BCUT2D eigenvalue weighted by atomic mass is 9.97. The number of benzene rings is 1. The zero-order valence-electron chi connectivity index (χ0n) is 15.5. The second-order valence-electron chi connectivity index (χ2n) is 7.14. The molecule has 1 amide bonds. The summed E-state index contributed by atoms with van der Waals surface area (Å²) in [6.07, 6.45) is 4.73. The number of aromatic nitrogens is 3. The molecular formula is C20H22N4O3. The maximum Gasteiger partial charge on any atom is 0.437 e. The third-order valence-corrected chi connectivity index (χ3v) is 5.25. The number of hydrogen-bond acceptors (Lipinski definition) is 5. The molecule has 1 aromatic carbocycles. The number of hydrogen-bond donors (Lipinski definition) is 0. The van der Waals surface area contributed by atoms with Crippen LogP contribution in [-0.2, 0) is 11.3 Å². The van der Waals surface area contributed by atoms with E-state index in [9.17, 15) is 9.59 Å². The molecule has 1 aliphatic rings. The van der Waals surface area contributed by atoms with Gasteiger partial charge in [-0.3, -0.25) is 9.78 Å². The molecule has 0 aliphatic carbocycles. The van der Waals surface area contributed by atoms with Crippen LogP contribution in [0.25, 0.3) is 22.4 Å². The summed E-state index contributed by atoms with van der Waals surface area (Å²) >= 11 is 0. The van der Waals surface area contributed by atoms with Crippen molar-refractivity contribution >= 4 is 16.7 Å². The van der Waals surface area contributed by atoms with Crippen LogP contribution in [0.3, 0.4) is 0 Å². The highest BCUT2D eigenvalue weighted by molar-refractivity contribution is 5.92. The lowest BCUT2D eigenvalue weighted by molar-refractivity contribution is -0.138. The van der Waals surface area contributed by atoms with E-state index in [1.807, 2.05) is 49.1 Å². The summed E-state index contributed by atoms with van der Waals surface area (Å²) in [6.45, 7) is 3.97. The summed E-state index contributed by atoms with van der Waals surface area (Å²) in [5.41, 5.74) is 0.496. The van der Waals surface area contributed by atoms with Gasteiger partial charge in [0.05, 0.1) is 0 Å². The zero-order valence-corrected chi connectivity index (χ0v) is 15.5. The number of rotatable bonds is 3. The molecule has 2 aromatic heterocycles. The van der Waals surface area contributed by atoms with Crippen LogP contribution in [0.4, 0.5) is 0 Å². The van der Waals surface area contributed by atoms with Gasteiger partial charge in [-0.2, -0.15) is 4.68 Å². The fourth-order valence-electron chi connectivity index (χ4n) is 3.91. The SMILES string of the molecule is CC1CCCC(C)N1C(=O)Cn1nc(-c2nccc3ccccc23)oc1=O. The molecule has 1 fully saturated rings. The second-order valence-corrected chi connectivity index (χ2v) is 7.14. The highest BCUT2D eigenvalue weighted by Crippen LogP contribution is 2.25. The van der Waals surface area contributed by atoms with Crippen LogP contribution in [0.2, 0.25) is 0 Å². The van der Waals surface area contributed by atoms with Crippen molar-refractivity contribution in [3.8, 4) is 11.6 Å². The van der Waals surface area contributed by atoms with Crippen LogP contribution >= 0.6 is 0 Å². The van der Waals surface area contributed by atoms with Gasteiger partial charge in [-0.05, 0) is 44.6 Å². The van der Waals surface area contributed by atoms with Crippen molar-refractivity contribution < 1.29 is 9.21 Å². The summed E-state index contributed by atoms with van der Waals surface area (Å²) in [4.78, 5) is 31.2. The first kappa shape index (κ1) is 17.5. The Hall–Kier alpha value is -2.96. The molecule has 27 heavy (non-hydrogen) atoms. The van der Waals surface area contributed by atoms with Gasteiger partial charge in [-0.25, -0.2) is 4.79 Å². The Morgan fingerprint density at radius 2 is 1.93 bits per heavy atom. The number of pyridine rings is 1. The first-order valence-corrected chi connectivity index (χ1v) is 9.28. The van der Waals surface area contributed by atoms with Crippen LogP contribution in [0.1, 0.15) is 33.1 Å². The summed E-state index contributed by atoms with van der Waals surface area (Å²) in [5.74, 6) is -0.628. The Morgan fingerprint density at radius 3 is 2.70 bits per heavy atom. The zero-order chi connectivity index (χ0) is 19.0. The van der Waals surface area contributed by atoms with Crippen LogP contribution in [0.5, 0.6) is 0 Å². The van der Waals surface area contributed by atoms with Crippen LogP contribution in [-0.4, -0.2) is 37.7 Å². The molecule has 4 rings (SSSR count). The lowest BCUT2D eigenvalue weighted by Gasteiger charge is -2.38. The summed E-state index contributed by atoms with van der Waals surface area (Å²) < 4.78 is 6.41. The van der Waals surface area contributed by atoms with E-state index in [-0.39, 0.29) is 30.4 Å². The van der Waals surface area contributed by atoms with Gasteiger partial charge < -0.3 is 9.32 Å². The van der Waals surface area contributed by atoms with E-state index in [1.54, 1.807) is 6.20 Å². The average Bonchev–Trinajstić information content (AvgIpc) is 3.01. The Labute approximate surface area is 156 Å². The Bertz CT molecular complexity index is 1020. The van der Waals surface area contributed by atoms with Crippen molar-refractivity contribution in [3.63, 3.8) is 0 Å². The third kappa shape index (κ3) is 3.25. The molecule has 0 radical (unpaired) electrons. The predicted molar refractivity (Wildman–Crippen MR) is 101 cm³/mol. The molecule has 0 bridgehead atoms. The number of likely N-dealkylation sites (tertiary alicyclic amines) is 1. The molecule has 2 atom stereocenters. The normalized spacial score (nSPS) is 20.1. The van der Waals surface area contributed by atoms with Gasteiger partial charge in [-0.15, -0.1) is 5.10 Å². The molecule has 2 unspecified atom stereocenters. The van der Waals surface area contributed by atoms with Gasteiger partial charge in [0.15, 0.2) is 0 Å². The predicted octanol–water partition coefficient (Wildman–Crippen LogP) is 2.84. The lowest BCUT2D eigenvalue weighted by Crippen LogP contribution is -2.49. The summed E-state index contributed by atoms with van der Waals surface area (Å²) in [6, 6.07) is 9.91. The third-order valence-electron chi connectivity index (χ3n) is 5.25. The summed E-state index contributed by atoms with van der Waals surface area (Å²) in [5, 5.41) is 6.07. The molecule has 0 spiro atoms. The quantitative estimate of drug-likeness (QED) is 0.712. The molecular weight excluding hydrogens is 344 g/mol. The van der Waals surface area contributed by atoms with Gasteiger partial charge in [0, 0.05) is 23.7 Å². The minimum Gasteiger partial charge on any atom is -0.386 e. The molecule has 3 heterocycles. The molecule has 1 aliphatic heterocycles. The monoisotopic (exact) mass is 366 g/mol. The van der Waals surface area contributed by atoms with Crippen LogP contribution in [0.15, 0.2) is 45.7 Å². The van der Waals surface area contributed by atoms with Crippen molar-refractivity contribution in [2.75, 3.05) is 0 Å². The number of carbonyl (C=O) groups is 1. The van der Waals surface area contributed by atoms with Gasteiger partial charge in [0.25, 0.3) is 5.89 Å². The van der Waals surface area contributed by atoms with Gasteiger partial charge >= 0.3 is 5.76 Å². The first-order chi connectivity index (χ1) is 13.0. The van der Waals surface area contributed by atoms with Crippen molar-refractivity contribution in [1.82, 2.24) is 19.7 Å². The molecule has 0 saturated carbocycles. The van der Waals surface area contributed by atoms with E-state index in [0.29, 0.717) is 5.69 Å². The maximum absolute atomic E-state index is 12.8. The standard InChI is InChI=1S/C20H22N4O3/c1-13-6-5-7-14(2)24(13)17(25)12-23-20(26)27-19(22-23)18-16-9-4-3-8-15(16)10-11-21-18/h3-4,8-11,13-14H,5-7,12H2,1-2H3. The molecule has 0 N–H and O–H groups in total. The minimum atomic E-state index is -0.648. The average molecular weight is 366 g/mol. The summed E-state index contributed by atoms with van der Waals surface area (Å²) in [7, 11) is 0. The van der Waals surface area contributed by atoms with E-state index in [4.69, 9.17) is 4.42 Å². The van der Waals surface area contributed by atoms with Crippen LogP contribution in [0, 0.1) is 0 Å². The van der Waals surface area contributed by atoms with Gasteiger partial charge in [0.1, 0.15) is 12.2 Å². The highest BCUT2D eigenvalue weighted by Gasteiger charge is 2.29. The minimum absolute atomic E-state index is 0.109. The Kier molecular flexibility index (Phi) is 4.51. The van der Waals surface area contributed by atoms with Crippen LogP contribution < -0.4 is 5.76 Å². The van der Waals surface area contributed by atoms with E-state index >= 15 is 0 Å². The second kappa shape index (κ2) is 6.98. The number of carbonyl (C=O) groups excluding carboxylic acids is 1. The number of nitrogens with zero attached hydrogens (tertiary/aromatic N) is 4. The van der Waals surface area contributed by atoms with Crippen molar-refractivity contribution in [3.05, 3.63) is 47.1 Å². The van der Waals surface area contributed by atoms with Crippen molar-refractivity contribution in [2.24, 2.45) is 0 Å². The fraction of sp³-hybridized carbons (Fsp3) is 0.400. The molecule has 7 heteroatoms. The largest absolute Gasteiger partial charge is 0.437 e. The van der Waals surface area contributed by atoms with Gasteiger partial charge in [0.2, 0.25) is 5.91 Å². The molecule has 7 nitrogen and oxygen atoms in total. The molecule has 140 valence electrons. The van der Waals surface area contributed by atoms with Crippen molar-refractivity contribution in [1.29, 1.82) is 0 Å². The topological polar surface area (TPSA) is 81.2 Å².